The molecule has 1 aliphatic heterocycles. The molecule has 8 nitrogen and oxygen atoms in total. The minimum atomic E-state index is -3.70. The Morgan fingerprint density at radius 1 is 1.15 bits per heavy atom. The number of aromatic nitrogens is 2. The summed E-state index contributed by atoms with van der Waals surface area (Å²) in [4.78, 5) is 13.2. The first kappa shape index (κ1) is 24.0. The Morgan fingerprint density at radius 2 is 1.94 bits per heavy atom. The van der Waals surface area contributed by atoms with Crippen molar-refractivity contribution < 1.29 is 27.4 Å². The SMILES string of the molecule is CCOC(=O)c1c(CS(=O)(=O)c2ccccc2)ccc(-c2ccnn2C2CCCCO2)c1OC. The van der Waals surface area contributed by atoms with Crippen LogP contribution in [-0.2, 0) is 25.1 Å². The average molecular weight is 485 g/mol. The zero-order valence-corrected chi connectivity index (χ0v) is 20.1. The van der Waals surface area contributed by atoms with E-state index in [0.29, 0.717) is 23.4 Å². The van der Waals surface area contributed by atoms with E-state index >= 15 is 0 Å². The lowest BCUT2D eigenvalue weighted by Gasteiger charge is -2.25. The van der Waals surface area contributed by atoms with Crippen LogP contribution < -0.4 is 4.74 Å². The summed E-state index contributed by atoms with van der Waals surface area (Å²) in [6, 6.07) is 13.4. The van der Waals surface area contributed by atoms with Crippen molar-refractivity contribution in [3.63, 3.8) is 0 Å². The number of rotatable bonds is 8. The number of benzene rings is 2. The molecule has 1 aromatic heterocycles. The molecule has 1 unspecified atom stereocenters. The van der Waals surface area contributed by atoms with Gasteiger partial charge in [-0.25, -0.2) is 17.9 Å². The quantitative estimate of drug-likeness (QED) is 0.437. The van der Waals surface area contributed by atoms with E-state index in [1.807, 2.05) is 6.07 Å². The Hall–Kier alpha value is -3.17. The molecule has 1 saturated heterocycles. The lowest BCUT2D eigenvalue weighted by molar-refractivity contribution is -0.0383. The van der Waals surface area contributed by atoms with Gasteiger partial charge < -0.3 is 14.2 Å². The first-order valence-electron chi connectivity index (χ1n) is 11.3. The highest BCUT2D eigenvalue weighted by molar-refractivity contribution is 7.90. The largest absolute Gasteiger partial charge is 0.495 e. The van der Waals surface area contributed by atoms with Crippen molar-refractivity contribution in [1.82, 2.24) is 9.78 Å². The molecule has 34 heavy (non-hydrogen) atoms. The van der Waals surface area contributed by atoms with E-state index in [4.69, 9.17) is 14.2 Å². The molecule has 3 aromatic rings. The highest BCUT2D eigenvalue weighted by Gasteiger charge is 2.28. The molecule has 9 heteroatoms. The van der Waals surface area contributed by atoms with Gasteiger partial charge in [0.1, 0.15) is 11.3 Å². The van der Waals surface area contributed by atoms with E-state index in [1.165, 1.54) is 19.2 Å². The number of nitrogens with zero attached hydrogens (tertiary/aromatic N) is 2. The normalized spacial score (nSPS) is 16.2. The Morgan fingerprint density at radius 3 is 2.62 bits per heavy atom. The summed E-state index contributed by atoms with van der Waals surface area (Å²) in [5, 5.41) is 4.45. The van der Waals surface area contributed by atoms with Gasteiger partial charge >= 0.3 is 5.97 Å². The standard InChI is InChI=1S/C25H28N2O6S/c1-3-32-25(28)23-18(17-34(29,30)19-9-5-4-6-10-19)12-13-20(24(23)31-2)21-14-15-26-27(21)22-11-7-8-16-33-22/h4-6,9-10,12-15,22H,3,7-8,11,16-17H2,1-2H3. The highest BCUT2D eigenvalue weighted by atomic mass is 32.2. The zero-order chi connectivity index (χ0) is 24.1. The van der Waals surface area contributed by atoms with Crippen LogP contribution in [0.4, 0.5) is 0 Å². The van der Waals surface area contributed by atoms with Crippen LogP contribution in [0.3, 0.4) is 0 Å². The summed E-state index contributed by atoms with van der Waals surface area (Å²) in [6.07, 6.45) is 4.33. The first-order chi connectivity index (χ1) is 16.5. The molecule has 0 spiro atoms. The van der Waals surface area contributed by atoms with Crippen molar-refractivity contribution >= 4 is 15.8 Å². The zero-order valence-electron chi connectivity index (χ0n) is 19.3. The Labute approximate surface area is 199 Å². The monoisotopic (exact) mass is 484 g/mol. The molecule has 2 aromatic carbocycles. The fourth-order valence-electron chi connectivity index (χ4n) is 4.17. The van der Waals surface area contributed by atoms with Crippen LogP contribution in [0.2, 0.25) is 0 Å². The molecule has 0 aliphatic carbocycles. The second-order valence-corrected chi connectivity index (χ2v) is 9.94. The molecule has 0 N–H and O–H groups in total. The van der Waals surface area contributed by atoms with Crippen LogP contribution in [0.1, 0.15) is 48.3 Å². The maximum atomic E-state index is 13.1. The minimum absolute atomic E-state index is 0.0960. The molecule has 0 bridgehead atoms. The molecule has 2 heterocycles. The van der Waals surface area contributed by atoms with Crippen LogP contribution >= 0.6 is 0 Å². The van der Waals surface area contributed by atoms with Crippen LogP contribution in [0.25, 0.3) is 11.3 Å². The fraction of sp³-hybridized carbons (Fsp3) is 0.360. The number of ether oxygens (including phenoxy) is 3. The van der Waals surface area contributed by atoms with Gasteiger partial charge in [0.15, 0.2) is 16.1 Å². The number of carbonyl (C=O) groups excluding carboxylic acids is 1. The summed E-state index contributed by atoms with van der Waals surface area (Å²) in [5.41, 5.74) is 1.73. The lowest BCUT2D eigenvalue weighted by atomic mass is 10.0. The van der Waals surface area contributed by atoms with Gasteiger partial charge in [-0.15, -0.1) is 0 Å². The van der Waals surface area contributed by atoms with Crippen molar-refractivity contribution in [2.75, 3.05) is 20.3 Å². The third-order valence-corrected chi connectivity index (χ3v) is 7.43. The van der Waals surface area contributed by atoms with Crippen molar-refractivity contribution in [2.45, 2.75) is 43.1 Å². The van der Waals surface area contributed by atoms with Gasteiger partial charge in [0.25, 0.3) is 0 Å². The molecule has 0 amide bonds. The molecule has 0 radical (unpaired) electrons. The number of methoxy groups -OCH3 is 1. The second kappa shape index (κ2) is 10.4. The van der Waals surface area contributed by atoms with E-state index in [0.717, 1.165) is 19.3 Å². The average Bonchev–Trinajstić information content (AvgIpc) is 3.34. The Balaban J connectivity index is 1.82. The topological polar surface area (TPSA) is 96.7 Å². The predicted octanol–water partition coefficient (Wildman–Crippen LogP) is 4.41. The van der Waals surface area contributed by atoms with E-state index in [2.05, 4.69) is 5.10 Å². The lowest BCUT2D eigenvalue weighted by Crippen LogP contribution is -2.20. The van der Waals surface area contributed by atoms with Crippen molar-refractivity contribution in [2.24, 2.45) is 0 Å². The number of carbonyl (C=O) groups is 1. The molecular formula is C25H28N2O6S. The summed E-state index contributed by atoms with van der Waals surface area (Å²) in [7, 11) is -2.25. The minimum Gasteiger partial charge on any atom is -0.495 e. The van der Waals surface area contributed by atoms with Crippen LogP contribution in [0.5, 0.6) is 5.75 Å². The molecule has 1 fully saturated rings. The van der Waals surface area contributed by atoms with Gasteiger partial charge in [-0.2, -0.15) is 5.10 Å². The van der Waals surface area contributed by atoms with Gasteiger partial charge in [0.2, 0.25) is 0 Å². The first-order valence-corrected chi connectivity index (χ1v) is 12.9. The van der Waals surface area contributed by atoms with Crippen molar-refractivity contribution in [3.05, 3.63) is 65.9 Å². The van der Waals surface area contributed by atoms with Gasteiger partial charge in [0, 0.05) is 18.4 Å². The second-order valence-electron chi connectivity index (χ2n) is 7.96. The smallest absolute Gasteiger partial charge is 0.342 e. The Bertz CT molecular complexity index is 1250. The van der Waals surface area contributed by atoms with Crippen LogP contribution in [0.15, 0.2) is 59.6 Å². The fourth-order valence-corrected chi connectivity index (χ4v) is 5.56. The summed E-state index contributed by atoms with van der Waals surface area (Å²) >= 11 is 0. The molecule has 4 rings (SSSR count). The number of esters is 1. The maximum Gasteiger partial charge on any atom is 0.342 e. The molecule has 0 saturated carbocycles. The molecule has 1 aliphatic rings. The van der Waals surface area contributed by atoms with E-state index < -0.39 is 15.8 Å². The molecule has 1 atom stereocenters. The van der Waals surface area contributed by atoms with E-state index in [1.54, 1.807) is 48.1 Å². The van der Waals surface area contributed by atoms with Crippen LogP contribution in [0, 0.1) is 0 Å². The molecule has 180 valence electrons. The Kier molecular flexibility index (Phi) is 7.33. The number of hydrogen-bond acceptors (Lipinski definition) is 7. The molecular weight excluding hydrogens is 456 g/mol. The summed E-state index contributed by atoms with van der Waals surface area (Å²) in [6.45, 7) is 2.50. The van der Waals surface area contributed by atoms with E-state index in [-0.39, 0.29) is 34.8 Å². The summed E-state index contributed by atoms with van der Waals surface area (Å²) in [5.74, 6) is -0.761. The predicted molar refractivity (Wildman–Crippen MR) is 126 cm³/mol. The van der Waals surface area contributed by atoms with Gasteiger partial charge in [-0.1, -0.05) is 24.3 Å². The van der Waals surface area contributed by atoms with Gasteiger partial charge in [-0.05, 0) is 56.0 Å². The maximum absolute atomic E-state index is 13.1. The van der Waals surface area contributed by atoms with Gasteiger partial charge in [-0.3, -0.25) is 0 Å². The van der Waals surface area contributed by atoms with E-state index in [9.17, 15) is 13.2 Å². The van der Waals surface area contributed by atoms with Gasteiger partial charge in [0.05, 0.1) is 30.1 Å². The van der Waals surface area contributed by atoms with Crippen molar-refractivity contribution in [1.29, 1.82) is 0 Å². The number of hydrogen-bond donors (Lipinski definition) is 0. The van der Waals surface area contributed by atoms with Crippen molar-refractivity contribution in [3.8, 4) is 17.0 Å². The number of sulfone groups is 1. The summed E-state index contributed by atoms with van der Waals surface area (Å²) < 4.78 is 44.8. The third kappa shape index (κ3) is 4.85. The third-order valence-electron chi connectivity index (χ3n) is 5.75. The highest BCUT2D eigenvalue weighted by Crippen LogP contribution is 2.38. The van der Waals surface area contributed by atoms with Crippen LogP contribution in [-0.4, -0.2) is 44.5 Å².